The third-order valence-electron chi connectivity index (χ3n) is 2.06. The predicted octanol–water partition coefficient (Wildman–Crippen LogP) is 3.58. The van der Waals surface area contributed by atoms with Crippen molar-refractivity contribution in [1.82, 2.24) is 4.57 Å². The molecule has 1 nitrogen and oxygen atoms in total. The third-order valence-corrected chi connectivity index (χ3v) is 2.60. The van der Waals surface area contributed by atoms with Gasteiger partial charge in [0, 0.05) is 16.6 Å². The van der Waals surface area contributed by atoms with Crippen molar-refractivity contribution in [3.8, 4) is 12.3 Å². The topological polar surface area (TPSA) is 4.93 Å². The molecule has 70 valence electrons. The number of terminal acetylenes is 1. The van der Waals surface area contributed by atoms with Crippen molar-refractivity contribution in [2.45, 2.75) is 6.54 Å². The van der Waals surface area contributed by atoms with Crippen molar-refractivity contribution < 1.29 is 0 Å². The standard InChI is InChI=1S/C11H7Cl2N/c1-2-4-14-5-3-9-10(13)6-8(12)7-11(9)14/h1,3,5-7H,4H2. The molecule has 0 aliphatic heterocycles. The summed E-state index contributed by atoms with van der Waals surface area (Å²) < 4.78 is 1.94. The molecule has 1 heterocycles. The quantitative estimate of drug-likeness (QED) is 0.652. The first-order chi connectivity index (χ1) is 6.72. The fraction of sp³-hybridized carbons (Fsp3) is 0.0909. The van der Waals surface area contributed by atoms with E-state index in [4.69, 9.17) is 29.6 Å². The minimum Gasteiger partial charge on any atom is -0.336 e. The first-order valence-corrected chi connectivity index (χ1v) is 4.85. The summed E-state index contributed by atoms with van der Waals surface area (Å²) >= 11 is 11.9. The average Bonchev–Trinajstić information content (AvgIpc) is 2.49. The van der Waals surface area contributed by atoms with Crippen LogP contribution in [0.5, 0.6) is 0 Å². The number of fused-ring (bicyclic) bond motifs is 1. The first-order valence-electron chi connectivity index (χ1n) is 4.09. The van der Waals surface area contributed by atoms with Gasteiger partial charge in [-0.1, -0.05) is 29.1 Å². The molecule has 14 heavy (non-hydrogen) atoms. The van der Waals surface area contributed by atoms with E-state index in [-0.39, 0.29) is 0 Å². The number of rotatable bonds is 1. The molecule has 0 saturated heterocycles. The zero-order chi connectivity index (χ0) is 10.1. The van der Waals surface area contributed by atoms with E-state index < -0.39 is 0 Å². The zero-order valence-electron chi connectivity index (χ0n) is 7.30. The van der Waals surface area contributed by atoms with E-state index in [0.29, 0.717) is 16.6 Å². The maximum atomic E-state index is 6.03. The summed E-state index contributed by atoms with van der Waals surface area (Å²) in [5.74, 6) is 2.58. The van der Waals surface area contributed by atoms with E-state index in [2.05, 4.69) is 5.92 Å². The van der Waals surface area contributed by atoms with Gasteiger partial charge in [-0.25, -0.2) is 0 Å². The van der Waals surface area contributed by atoms with Gasteiger partial charge in [-0.2, -0.15) is 0 Å². The van der Waals surface area contributed by atoms with E-state index in [1.165, 1.54) is 0 Å². The fourth-order valence-corrected chi connectivity index (χ4v) is 2.00. The van der Waals surface area contributed by atoms with Crippen LogP contribution < -0.4 is 0 Å². The first kappa shape index (κ1) is 9.45. The van der Waals surface area contributed by atoms with Gasteiger partial charge in [-0.15, -0.1) is 6.42 Å². The Balaban J connectivity index is 2.73. The minimum atomic E-state index is 0.528. The van der Waals surface area contributed by atoms with Crippen LogP contribution in [0, 0.1) is 12.3 Å². The molecule has 0 saturated carbocycles. The van der Waals surface area contributed by atoms with Crippen LogP contribution >= 0.6 is 23.2 Å². The van der Waals surface area contributed by atoms with Crippen molar-refractivity contribution in [2.24, 2.45) is 0 Å². The molecule has 0 atom stereocenters. The van der Waals surface area contributed by atoms with Crippen LogP contribution in [-0.4, -0.2) is 4.57 Å². The van der Waals surface area contributed by atoms with E-state index in [1.54, 1.807) is 6.07 Å². The Morgan fingerprint density at radius 3 is 2.86 bits per heavy atom. The normalized spacial score (nSPS) is 10.4. The van der Waals surface area contributed by atoms with E-state index in [9.17, 15) is 0 Å². The lowest BCUT2D eigenvalue weighted by atomic mass is 10.2. The molecule has 3 heteroatoms. The van der Waals surface area contributed by atoms with Crippen LogP contribution in [0.2, 0.25) is 10.0 Å². The SMILES string of the molecule is C#CCn1ccc2c(Cl)cc(Cl)cc21. The third kappa shape index (κ3) is 1.48. The Morgan fingerprint density at radius 1 is 1.36 bits per heavy atom. The maximum Gasteiger partial charge on any atom is 0.0835 e. The van der Waals surface area contributed by atoms with Crippen molar-refractivity contribution >= 4 is 34.1 Å². The Morgan fingerprint density at radius 2 is 2.14 bits per heavy atom. The van der Waals surface area contributed by atoms with Crippen molar-refractivity contribution in [3.05, 3.63) is 34.4 Å². The van der Waals surface area contributed by atoms with E-state index in [1.807, 2.05) is 22.9 Å². The molecule has 0 bridgehead atoms. The van der Waals surface area contributed by atoms with Crippen LogP contribution in [-0.2, 0) is 6.54 Å². The van der Waals surface area contributed by atoms with E-state index >= 15 is 0 Å². The summed E-state index contributed by atoms with van der Waals surface area (Å²) in [6, 6.07) is 5.52. The number of benzene rings is 1. The molecule has 0 N–H and O–H groups in total. The molecule has 1 aromatic carbocycles. The Bertz CT molecular complexity index is 520. The lowest BCUT2D eigenvalue weighted by Gasteiger charge is -2.01. The van der Waals surface area contributed by atoms with Crippen LogP contribution in [0.15, 0.2) is 24.4 Å². The van der Waals surface area contributed by atoms with Crippen LogP contribution in [0.4, 0.5) is 0 Å². The summed E-state index contributed by atoms with van der Waals surface area (Å²) in [4.78, 5) is 0. The lowest BCUT2D eigenvalue weighted by molar-refractivity contribution is 0.886. The molecule has 2 aromatic rings. The molecule has 1 aromatic heterocycles. The lowest BCUT2D eigenvalue weighted by Crippen LogP contribution is -1.92. The Hall–Kier alpha value is -1.10. The molecule has 0 amide bonds. The number of hydrogen-bond donors (Lipinski definition) is 0. The molecular weight excluding hydrogens is 217 g/mol. The molecule has 0 radical (unpaired) electrons. The summed E-state index contributed by atoms with van der Waals surface area (Å²) in [5.41, 5.74) is 0.973. The second kappa shape index (κ2) is 3.57. The monoisotopic (exact) mass is 223 g/mol. The van der Waals surface area contributed by atoms with Gasteiger partial charge in [0.25, 0.3) is 0 Å². The average molecular weight is 224 g/mol. The highest BCUT2D eigenvalue weighted by Crippen LogP contribution is 2.28. The second-order valence-corrected chi connectivity index (χ2v) is 3.81. The predicted molar refractivity (Wildman–Crippen MR) is 60.8 cm³/mol. The Kier molecular flexibility index (Phi) is 2.41. The number of aromatic nitrogens is 1. The van der Waals surface area contributed by atoms with Crippen molar-refractivity contribution in [2.75, 3.05) is 0 Å². The highest BCUT2D eigenvalue weighted by molar-refractivity contribution is 6.38. The summed E-state index contributed by atoms with van der Waals surface area (Å²) in [6.07, 6.45) is 7.16. The van der Waals surface area contributed by atoms with Crippen LogP contribution in [0.25, 0.3) is 10.9 Å². The molecule has 0 spiro atoms. The molecule has 0 fully saturated rings. The molecule has 0 aliphatic rings. The van der Waals surface area contributed by atoms with Crippen molar-refractivity contribution in [1.29, 1.82) is 0 Å². The molecular formula is C11H7Cl2N. The summed E-state index contributed by atoms with van der Waals surface area (Å²) in [5, 5.41) is 2.26. The highest BCUT2D eigenvalue weighted by Gasteiger charge is 2.05. The smallest absolute Gasteiger partial charge is 0.0835 e. The van der Waals surface area contributed by atoms with Gasteiger partial charge in [0.1, 0.15) is 0 Å². The summed E-state index contributed by atoms with van der Waals surface area (Å²) in [7, 11) is 0. The highest BCUT2D eigenvalue weighted by atomic mass is 35.5. The fourth-order valence-electron chi connectivity index (χ4n) is 1.45. The maximum absolute atomic E-state index is 6.03. The van der Waals surface area contributed by atoms with Gasteiger partial charge in [0.05, 0.1) is 17.1 Å². The minimum absolute atomic E-state index is 0.528. The summed E-state index contributed by atoms with van der Waals surface area (Å²) in [6.45, 7) is 0.528. The van der Waals surface area contributed by atoms with E-state index in [0.717, 1.165) is 10.9 Å². The number of halogens is 2. The molecule has 0 aliphatic carbocycles. The van der Waals surface area contributed by atoms with Gasteiger partial charge in [-0.3, -0.25) is 0 Å². The van der Waals surface area contributed by atoms with Crippen LogP contribution in [0.3, 0.4) is 0 Å². The van der Waals surface area contributed by atoms with Gasteiger partial charge in [-0.05, 0) is 18.2 Å². The van der Waals surface area contributed by atoms with Gasteiger partial charge < -0.3 is 4.57 Å². The molecule has 0 unspecified atom stereocenters. The molecule has 2 rings (SSSR count). The number of nitrogens with zero attached hydrogens (tertiary/aromatic N) is 1. The zero-order valence-corrected chi connectivity index (χ0v) is 8.81. The van der Waals surface area contributed by atoms with Gasteiger partial charge in [0.2, 0.25) is 0 Å². The van der Waals surface area contributed by atoms with Crippen LogP contribution in [0.1, 0.15) is 0 Å². The van der Waals surface area contributed by atoms with Crippen molar-refractivity contribution in [3.63, 3.8) is 0 Å². The Labute approximate surface area is 92.2 Å². The second-order valence-electron chi connectivity index (χ2n) is 2.97. The van der Waals surface area contributed by atoms with Gasteiger partial charge in [0.15, 0.2) is 0 Å². The number of hydrogen-bond acceptors (Lipinski definition) is 0. The largest absolute Gasteiger partial charge is 0.336 e. The van der Waals surface area contributed by atoms with Gasteiger partial charge >= 0.3 is 0 Å².